The minimum absolute atomic E-state index is 0.120. The fourth-order valence-electron chi connectivity index (χ4n) is 2.71. The van der Waals surface area contributed by atoms with Gasteiger partial charge in [0.2, 0.25) is 0 Å². The molecule has 1 unspecified atom stereocenters. The van der Waals surface area contributed by atoms with E-state index in [9.17, 15) is 4.79 Å². The Balaban J connectivity index is 1.72. The standard InChI is InChI=1S/C20H19ClN4OS/c21-16-9-7-15(8-10-16)19(26)17-5-1-2-6-18(17)24-20(27)25(22)13-14-4-3-11-23-12-14/h1-11,14H,12-13,22H2,(H,24,27). The van der Waals surface area contributed by atoms with Gasteiger partial charge in [-0.1, -0.05) is 29.8 Å². The molecule has 0 spiro atoms. The van der Waals surface area contributed by atoms with Gasteiger partial charge in [-0.3, -0.25) is 14.8 Å². The molecular formula is C20H19ClN4OS. The van der Waals surface area contributed by atoms with Crippen LogP contribution in [0.5, 0.6) is 0 Å². The summed E-state index contributed by atoms with van der Waals surface area (Å²) in [7, 11) is 0. The van der Waals surface area contributed by atoms with Crippen LogP contribution in [0.3, 0.4) is 0 Å². The number of dihydropyridines is 1. The molecule has 138 valence electrons. The molecular weight excluding hydrogens is 380 g/mol. The van der Waals surface area contributed by atoms with E-state index in [0.717, 1.165) is 0 Å². The molecule has 0 aromatic heterocycles. The highest BCUT2D eigenvalue weighted by Crippen LogP contribution is 2.21. The van der Waals surface area contributed by atoms with Crippen LogP contribution in [0.1, 0.15) is 15.9 Å². The summed E-state index contributed by atoms with van der Waals surface area (Å²) < 4.78 is 0. The first-order valence-corrected chi connectivity index (χ1v) is 9.22. The van der Waals surface area contributed by atoms with Gasteiger partial charge < -0.3 is 5.32 Å². The number of halogens is 1. The van der Waals surface area contributed by atoms with Gasteiger partial charge in [-0.25, -0.2) is 5.84 Å². The quantitative estimate of drug-likeness (QED) is 0.348. The van der Waals surface area contributed by atoms with Gasteiger partial charge in [-0.2, -0.15) is 0 Å². The van der Waals surface area contributed by atoms with Crippen molar-refractivity contribution in [2.45, 2.75) is 0 Å². The molecule has 0 fully saturated rings. The summed E-state index contributed by atoms with van der Waals surface area (Å²) in [6.45, 7) is 1.21. The Hall–Kier alpha value is -2.54. The molecule has 1 aliphatic rings. The zero-order valence-corrected chi connectivity index (χ0v) is 16.1. The number of nitrogens with two attached hydrogens (primary N) is 1. The number of hydrogen-bond donors (Lipinski definition) is 2. The van der Waals surface area contributed by atoms with E-state index in [1.165, 1.54) is 5.01 Å². The molecule has 0 aliphatic carbocycles. The lowest BCUT2D eigenvalue weighted by molar-refractivity contribution is 0.103. The first kappa shape index (κ1) is 19.2. The topological polar surface area (TPSA) is 70.7 Å². The number of nitrogens with zero attached hydrogens (tertiary/aromatic N) is 2. The molecule has 0 saturated heterocycles. The molecule has 1 aliphatic heterocycles. The lowest BCUT2D eigenvalue weighted by atomic mass is 10.0. The van der Waals surface area contributed by atoms with Crippen molar-refractivity contribution in [2.24, 2.45) is 16.8 Å². The molecule has 1 heterocycles. The van der Waals surface area contributed by atoms with Crippen LogP contribution in [-0.2, 0) is 0 Å². The number of hydrogen-bond acceptors (Lipinski definition) is 4. The fourth-order valence-corrected chi connectivity index (χ4v) is 3.02. The summed E-state index contributed by atoms with van der Waals surface area (Å²) >= 11 is 11.3. The number of aliphatic imine (C=N–C) groups is 1. The van der Waals surface area contributed by atoms with E-state index in [0.29, 0.717) is 40.0 Å². The van der Waals surface area contributed by atoms with E-state index in [4.69, 9.17) is 29.7 Å². The number of rotatable bonds is 5. The second-order valence-corrected chi connectivity index (χ2v) is 6.95. The Morgan fingerprint density at radius 2 is 2.00 bits per heavy atom. The molecule has 5 nitrogen and oxygen atoms in total. The highest BCUT2D eigenvalue weighted by molar-refractivity contribution is 7.80. The monoisotopic (exact) mass is 398 g/mol. The average molecular weight is 399 g/mol. The van der Waals surface area contributed by atoms with Crippen molar-refractivity contribution in [3.05, 3.63) is 76.8 Å². The molecule has 2 aromatic carbocycles. The van der Waals surface area contributed by atoms with E-state index in [-0.39, 0.29) is 11.7 Å². The van der Waals surface area contributed by atoms with Gasteiger partial charge in [0.25, 0.3) is 0 Å². The lowest BCUT2D eigenvalue weighted by Crippen LogP contribution is -2.44. The number of carbonyl (C=O) groups excluding carboxylic acids is 1. The maximum absolute atomic E-state index is 12.9. The predicted octanol–water partition coefficient (Wildman–Crippen LogP) is 3.70. The van der Waals surface area contributed by atoms with Crippen molar-refractivity contribution in [3.63, 3.8) is 0 Å². The molecule has 3 rings (SSSR count). The third-order valence-corrected chi connectivity index (χ3v) is 4.71. The van der Waals surface area contributed by atoms with Gasteiger partial charge in [0.05, 0.1) is 5.69 Å². The largest absolute Gasteiger partial charge is 0.331 e. The Morgan fingerprint density at radius 1 is 1.26 bits per heavy atom. The number of carbonyl (C=O) groups is 1. The summed E-state index contributed by atoms with van der Waals surface area (Å²) in [6.07, 6.45) is 5.72. The number of allylic oxidation sites excluding steroid dienone is 1. The van der Waals surface area contributed by atoms with Gasteiger partial charge in [-0.05, 0) is 54.7 Å². The van der Waals surface area contributed by atoms with Crippen LogP contribution in [0.15, 0.2) is 65.7 Å². The van der Waals surface area contributed by atoms with Crippen LogP contribution in [0.25, 0.3) is 0 Å². The summed E-state index contributed by atoms with van der Waals surface area (Å²) in [6, 6.07) is 14.0. The summed E-state index contributed by atoms with van der Waals surface area (Å²) in [5, 5.41) is 5.48. The van der Waals surface area contributed by atoms with Gasteiger partial charge >= 0.3 is 0 Å². The Labute approximate surface area is 168 Å². The average Bonchev–Trinajstić information content (AvgIpc) is 2.69. The van der Waals surface area contributed by atoms with Crippen molar-refractivity contribution in [1.82, 2.24) is 5.01 Å². The second kappa shape index (κ2) is 8.90. The third-order valence-electron chi connectivity index (χ3n) is 4.13. The zero-order chi connectivity index (χ0) is 19.2. The van der Waals surface area contributed by atoms with Gasteiger partial charge in [0.1, 0.15) is 0 Å². The van der Waals surface area contributed by atoms with Crippen molar-refractivity contribution in [2.75, 3.05) is 18.4 Å². The Morgan fingerprint density at radius 3 is 2.70 bits per heavy atom. The maximum Gasteiger partial charge on any atom is 0.195 e. The highest BCUT2D eigenvalue weighted by Gasteiger charge is 2.17. The molecule has 27 heavy (non-hydrogen) atoms. The van der Waals surface area contributed by atoms with Gasteiger partial charge in [-0.15, -0.1) is 0 Å². The van der Waals surface area contributed by atoms with E-state index < -0.39 is 0 Å². The predicted molar refractivity (Wildman–Crippen MR) is 114 cm³/mol. The van der Waals surface area contributed by atoms with Crippen LogP contribution in [-0.4, -0.2) is 35.2 Å². The van der Waals surface area contributed by atoms with Crippen LogP contribution in [0.4, 0.5) is 5.69 Å². The Kier molecular flexibility index (Phi) is 6.34. The van der Waals surface area contributed by atoms with Crippen LogP contribution in [0.2, 0.25) is 5.02 Å². The van der Waals surface area contributed by atoms with Crippen LogP contribution in [0, 0.1) is 5.92 Å². The number of nitrogens with one attached hydrogen (secondary N) is 1. The molecule has 1 atom stereocenters. The summed E-state index contributed by atoms with van der Waals surface area (Å²) in [5.74, 6) is 6.17. The number of thiocarbonyl (C=S) groups is 1. The van der Waals surface area contributed by atoms with E-state index >= 15 is 0 Å². The molecule has 7 heteroatoms. The van der Waals surface area contributed by atoms with Crippen LogP contribution >= 0.6 is 23.8 Å². The van der Waals surface area contributed by atoms with Crippen molar-refractivity contribution < 1.29 is 4.79 Å². The first-order valence-electron chi connectivity index (χ1n) is 8.43. The minimum Gasteiger partial charge on any atom is -0.331 e. The first-order chi connectivity index (χ1) is 13.0. The van der Waals surface area contributed by atoms with E-state index in [1.807, 2.05) is 24.3 Å². The minimum atomic E-state index is -0.120. The SMILES string of the molecule is NN(CC1C=CC=NC1)C(=S)Nc1ccccc1C(=O)c1ccc(Cl)cc1. The zero-order valence-electron chi connectivity index (χ0n) is 14.5. The maximum atomic E-state index is 12.9. The number of benzene rings is 2. The molecule has 0 saturated carbocycles. The molecule has 0 amide bonds. The molecule has 3 N–H and O–H groups in total. The van der Waals surface area contributed by atoms with E-state index in [1.54, 1.807) is 42.6 Å². The molecule has 2 aromatic rings. The smallest absolute Gasteiger partial charge is 0.195 e. The normalized spacial score (nSPS) is 15.4. The van der Waals surface area contributed by atoms with Gasteiger partial charge in [0, 0.05) is 41.4 Å². The number of anilines is 1. The number of para-hydroxylation sites is 1. The van der Waals surface area contributed by atoms with Crippen LogP contribution < -0.4 is 11.2 Å². The second-order valence-electron chi connectivity index (χ2n) is 6.12. The number of ketones is 1. The molecule has 0 bridgehead atoms. The summed E-state index contributed by atoms with van der Waals surface area (Å²) in [5.41, 5.74) is 1.67. The molecule has 0 radical (unpaired) electrons. The van der Waals surface area contributed by atoms with Gasteiger partial charge in [0.15, 0.2) is 10.9 Å². The lowest BCUT2D eigenvalue weighted by Gasteiger charge is -2.24. The van der Waals surface area contributed by atoms with Crippen molar-refractivity contribution in [3.8, 4) is 0 Å². The number of hydrazine groups is 1. The fraction of sp³-hybridized carbons (Fsp3) is 0.150. The third kappa shape index (κ3) is 5.01. The summed E-state index contributed by atoms with van der Waals surface area (Å²) in [4.78, 5) is 17.1. The highest BCUT2D eigenvalue weighted by atomic mass is 35.5. The van der Waals surface area contributed by atoms with Crippen molar-refractivity contribution in [1.29, 1.82) is 0 Å². The van der Waals surface area contributed by atoms with Crippen molar-refractivity contribution >= 4 is 46.6 Å². The Bertz CT molecular complexity index is 895. The van der Waals surface area contributed by atoms with E-state index in [2.05, 4.69) is 10.3 Å².